The first kappa shape index (κ1) is 14.4. The lowest BCUT2D eigenvalue weighted by atomic mass is 10.3. The van der Waals surface area contributed by atoms with Crippen molar-refractivity contribution < 1.29 is 33.5 Å². The van der Waals surface area contributed by atoms with Crippen LogP contribution in [0.1, 0.15) is 6.92 Å². The molecule has 0 aliphatic carbocycles. The summed E-state index contributed by atoms with van der Waals surface area (Å²) < 4.78 is 36.2. The minimum absolute atomic E-state index is 1.12. The third kappa shape index (κ3) is 5.03. The predicted molar refractivity (Wildman–Crippen MR) is 53.7 cm³/mol. The molecule has 0 unspecified atom stereocenters. The lowest BCUT2D eigenvalue weighted by molar-refractivity contribution is -2.00. The summed E-state index contributed by atoms with van der Waals surface area (Å²) in [5.41, 5.74) is 2.77. The third-order valence-corrected chi connectivity index (χ3v) is 3.45. The molecule has 1 aromatic carbocycles. The number of thioether (sulfide) groups is 1. The van der Waals surface area contributed by atoms with E-state index in [1.165, 1.54) is 16.3 Å². The van der Waals surface area contributed by atoms with E-state index in [1.807, 2.05) is 11.8 Å². The molecular formula is C10H12ClNO4S. The number of hydrogen-bond donors (Lipinski definition) is 0. The van der Waals surface area contributed by atoms with Crippen LogP contribution >= 0.6 is 11.8 Å². The topological polar surface area (TPSA) is 95.2 Å². The van der Waals surface area contributed by atoms with Gasteiger partial charge in [-0.05, 0) is 6.07 Å². The molecule has 0 radical (unpaired) electrons. The molecule has 0 fully saturated rings. The van der Waals surface area contributed by atoms with Crippen molar-refractivity contribution in [2.45, 2.75) is 11.8 Å². The Kier molecular flexibility index (Phi) is 4.93. The van der Waals surface area contributed by atoms with Crippen LogP contribution in [-0.2, 0) is 0 Å². The van der Waals surface area contributed by atoms with Gasteiger partial charge in [-0.25, -0.2) is 23.2 Å². The van der Waals surface area contributed by atoms with E-state index >= 15 is 0 Å². The minimum atomic E-state index is -4.94. The van der Waals surface area contributed by atoms with Crippen LogP contribution in [0, 0.1) is 10.2 Å². The molecule has 1 aliphatic heterocycles. The Morgan fingerprint density at radius 3 is 2.29 bits per heavy atom. The maximum absolute atomic E-state index is 8.49. The molecule has 0 amide bonds. The van der Waals surface area contributed by atoms with Crippen molar-refractivity contribution in [3.63, 3.8) is 0 Å². The highest BCUT2D eigenvalue weighted by Crippen LogP contribution is 2.31. The standard InChI is InChI=1S/C10H12NS.ClHO4/c1-8-7-12-10-6-4-3-5-9(10)11(8)2;2-1(3,4)5/h3-6H,7H2,1-2H3;(H,2,3,4,5)/q+1;/p-1. The average Bonchev–Trinajstić information content (AvgIpc) is 2.22. The highest BCUT2D eigenvalue weighted by molar-refractivity contribution is 8.00. The molecule has 0 saturated carbocycles. The van der Waals surface area contributed by atoms with Gasteiger partial charge in [0.15, 0.2) is 5.71 Å². The molecule has 5 nitrogen and oxygen atoms in total. The summed E-state index contributed by atoms with van der Waals surface area (Å²) in [5, 5.41) is 0. The Hall–Kier alpha value is -0.630. The van der Waals surface area contributed by atoms with Crippen LogP contribution in [0.3, 0.4) is 0 Å². The summed E-state index contributed by atoms with van der Waals surface area (Å²) in [6, 6.07) is 8.54. The van der Waals surface area contributed by atoms with Crippen LogP contribution in [0.5, 0.6) is 0 Å². The molecule has 0 atom stereocenters. The van der Waals surface area contributed by atoms with E-state index in [0.717, 1.165) is 5.75 Å². The molecule has 0 spiro atoms. The molecule has 1 aromatic rings. The largest absolute Gasteiger partial charge is 0.222 e. The normalized spacial score (nSPS) is 14.9. The zero-order valence-corrected chi connectivity index (χ0v) is 11.0. The van der Waals surface area contributed by atoms with Gasteiger partial charge in [0.05, 0.1) is 10.6 Å². The summed E-state index contributed by atoms with van der Waals surface area (Å²) in [6.07, 6.45) is 0. The summed E-state index contributed by atoms with van der Waals surface area (Å²) in [5.74, 6) is 1.12. The number of para-hydroxylation sites is 1. The van der Waals surface area contributed by atoms with Crippen LogP contribution in [-0.4, -0.2) is 23.1 Å². The van der Waals surface area contributed by atoms with Gasteiger partial charge in [-0.3, -0.25) is 0 Å². The van der Waals surface area contributed by atoms with Crippen molar-refractivity contribution in [2.75, 3.05) is 12.8 Å². The van der Waals surface area contributed by atoms with Gasteiger partial charge in [-0.2, -0.15) is 0 Å². The molecular weight excluding hydrogens is 266 g/mol. The monoisotopic (exact) mass is 277 g/mol. The van der Waals surface area contributed by atoms with Gasteiger partial charge in [0.1, 0.15) is 7.05 Å². The first-order chi connectivity index (χ1) is 7.79. The molecule has 7 heteroatoms. The lowest BCUT2D eigenvalue weighted by Crippen LogP contribution is -2.68. The van der Waals surface area contributed by atoms with Gasteiger partial charge in [-0.15, -0.1) is 22.0 Å². The number of rotatable bonds is 0. The van der Waals surface area contributed by atoms with E-state index in [1.54, 1.807) is 0 Å². The maximum Gasteiger partial charge on any atom is 0.218 e. The number of benzene rings is 1. The SMILES string of the molecule is CC1=[N+](C)c2ccccc2SC1.[O-][Cl+3]([O-])([O-])[O-]. The van der Waals surface area contributed by atoms with Gasteiger partial charge >= 0.3 is 0 Å². The van der Waals surface area contributed by atoms with Gasteiger partial charge in [0.2, 0.25) is 5.69 Å². The van der Waals surface area contributed by atoms with Crippen molar-refractivity contribution in [1.29, 1.82) is 0 Å². The van der Waals surface area contributed by atoms with E-state index in [0.29, 0.717) is 0 Å². The first-order valence-corrected chi connectivity index (χ1v) is 6.91. The average molecular weight is 278 g/mol. The Morgan fingerprint density at radius 2 is 1.71 bits per heavy atom. The van der Waals surface area contributed by atoms with E-state index in [4.69, 9.17) is 18.6 Å². The molecule has 0 N–H and O–H groups in total. The van der Waals surface area contributed by atoms with E-state index in [-0.39, 0.29) is 0 Å². The highest BCUT2D eigenvalue weighted by atomic mass is 35.7. The minimum Gasteiger partial charge on any atom is -0.222 e. The van der Waals surface area contributed by atoms with Gasteiger partial charge in [0.25, 0.3) is 0 Å². The second kappa shape index (κ2) is 5.81. The van der Waals surface area contributed by atoms with Crippen molar-refractivity contribution >= 4 is 23.2 Å². The van der Waals surface area contributed by atoms with Crippen LogP contribution in [0.25, 0.3) is 0 Å². The molecule has 1 aliphatic rings. The van der Waals surface area contributed by atoms with Gasteiger partial charge < -0.3 is 0 Å². The van der Waals surface area contributed by atoms with Crippen molar-refractivity contribution in [3.8, 4) is 0 Å². The van der Waals surface area contributed by atoms with Crippen molar-refractivity contribution in [3.05, 3.63) is 24.3 Å². The fraction of sp³-hybridized carbons (Fsp3) is 0.300. The fourth-order valence-corrected chi connectivity index (χ4v) is 2.43. The Balaban J connectivity index is 0.000000249. The summed E-state index contributed by atoms with van der Waals surface area (Å²) >= 11 is 1.92. The predicted octanol–water partition coefficient (Wildman–Crippen LogP) is -2.23. The van der Waals surface area contributed by atoms with E-state index in [9.17, 15) is 0 Å². The quantitative estimate of drug-likeness (QED) is 0.500. The molecule has 0 saturated heterocycles. The Bertz CT molecular complexity index is 425. The zero-order chi connectivity index (χ0) is 13.1. The van der Waals surface area contributed by atoms with E-state index in [2.05, 4.69) is 42.8 Å². The molecule has 94 valence electrons. The number of fused-ring (bicyclic) bond motifs is 1. The second-order valence-corrected chi connectivity index (χ2v) is 5.20. The lowest BCUT2D eigenvalue weighted by Gasteiger charge is -2.17. The highest BCUT2D eigenvalue weighted by Gasteiger charge is 2.19. The number of hydrogen-bond acceptors (Lipinski definition) is 5. The van der Waals surface area contributed by atoms with Gasteiger partial charge in [-0.1, -0.05) is 12.1 Å². The zero-order valence-electron chi connectivity index (χ0n) is 9.38. The van der Waals surface area contributed by atoms with Crippen LogP contribution in [0.15, 0.2) is 29.2 Å². The molecule has 0 aromatic heterocycles. The van der Waals surface area contributed by atoms with Crippen LogP contribution in [0.4, 0.5) is 5.69 Å². The number of nitrogens with zero attached hydrogens (tertiary/aromatic N) is 1. The molecule has 0 bridgehead atoms. The number of halogens is 1. The molecule has 17 heavy (non-hydrogen) atoms. The van der Waals surface area contributed by atoms with Crippen molar-refractivity contribution in [1.82, 2.24) is 0 Å². The maximum atomic E-state index is 8.49. The third-order valence-electron chi connectivity index (χ3n) is 2.24. The van der Waals surface area contributed by atoms with E-state index < -0.39 is 10.2 Å². The van der Waals surface area contributed by atoms with Crippen LogP contribution in [0.2, 0.25) is 0 Å². The van der Waals surface area contributed by atoms with Crippen LogP contribution < -0.4 is 18.6 Å². The Morgan fingerprint density at radius 1 is 1.18 bits per heavy atom. The summed E-state index contributed by atoms with van der Waals surface area (Å²) in [4.78, 5) is 1.39. The molecule has 1 heterocycles. The van der Waals surface area contributed by atoms with Gasteiger partial charge in [0, 0.05) is 13.0 Å². The smallest absolute Gasteiger partial charge is 0.218 e. The summed E-state index contributed by atoms with van der Waals surface area (Å²) in [7, 11) is -2.81. The first-order valence-electron chi connectivity index (χ1n) is 4.69. The second-order valence-electron chi connectivity index (χ2n) is 3.43. The molecule has 2 rings (SSSR count). The fourth-order valence-electron chi connectivity index (χ4n) is 1.34. The Labute approximate surface area is 106 Å². The van der Waals surface area contributed by atoms with Crippen molar-refractivity contribution in [2.24, 2.45) is 0 Å². The summed E-state index contributed by atoms with van der Waals surface area (Å²) in [6.45, 7) is 2.18.